The van der Waals surface area contributed by atoms with Gasteiger partial charge in [0.1, 0.15) is 11.5 Å². The Morgan fingerprint density at radius 3 is 1.97 bits per heavy atom. The maximum atomic E-state index is 13.9. The zero-order chi connectivity index (χ0) is 28.9. The van der Waals surface area contributed by atoms with Crippen molar-refractivity contribution in [3.63, 3.8) is 0 Å². The molecule has 0 spiro atoms. The number of benzene rings is 3. The molecule has 1 heterocycles. The Morgan fingerprint density at radius 2 is 1.44 bits per heavy atom. The second kappa shape index (κ2) is 9.87. The van der Waals surface area contributed by atoms with Crippen LogP contribution < -0.4 is 5.56 Å². The van der Waals surface area contributed by atoms with Gasteiger partial charge in [0.2, 0.25) is 0 Å². The van der Waals surface area contributed by atoms with Crippen LogP contribution in [0.1, 0.15) is 32.7 Å². The fraction of sp³-hybridized carbons (Fsp3) is 0.214. The lowest BCUT2D eigenvalue weighted by Gasteiger charge is -2.24. The molecule has 4 nitrogen and oxygen atoms in total. The number of halogens is 7. The molecule has 4 aromatic rings. The van der Waals surface area contributed by atoms with Gasteiger partial charge in [-0.05, 0) is 65.4 Å². The standard InChI is InChI=1S/C28H21F7N2O2/c1-15-10-19(29)8-9-20(15)23-21-6-4-5-7-22(21)25(38)37(3)24(23)26(39)36(2)14-16-11-17(27(30,31)32)13-18(12-16)28(33,34)35/h4-13H,14H2,1-3H3. The van der Waals surface area contributed by atoms with Crippen molar-refractivity contribution < 1.29 is 35.5 Å². The van der Waals surface area contributed by atoms with E-state index in [0.717, 1.165) is 9.47 Å². The maximum Gasteiger partial charge on any atom is 0.416 e. The quantitative estimate of drug-likeness (QED) is 0.258. The van der Waals surface area contributed by atoms with Gasteiger partial charge in [-0.1, -0.05) is 24.3 Å². The summed E-state index contributed by atoms with van der Waals surface area (Å²) in [6.45, 7) is 0.992. The van der Waals surface area contributed by atoms with Gasteiger partial charge < -0.3 is 9.47 Å². The van der Waals surface area contributed by atoms with Gasteiger partial charge in [0.05, 0.1) is 11.1 Å². The molecule has 4 rings (SSSR count). The predicted octanol–water partition coefficient (Wildman–Crippen LogP) is 6.96. The summed E-state index contributed by atoms with van der Waals surface area (Å²) in [6, 6.07) is 11.4. The summed E-state index contributed by atoms with van der Waals surface area (Å²) in [4.78, 5) is 27.8. The number of rotatable bonds is 4. The van der Waals surface area contributed by atoms with Crippen LogP contribution in [-0.2, 0) is 25.9 Å². The fourth-order valence-corrected chi connectivity index (χ4v) is 4.53. The molecule has 0 radical (unpaired) electrons. The van der Waals surface area contributed by atoms with E-state index in [9.17, 15) is 40.3 Å². The molecule has 1 amide bonds. The number of pyridine rings is 1. The molecule has 0 fully saturated rings. The van der Waals surface area contributed by atoms with Crippen LogP contribution in [0.4, 0.5) is 30.7 Å². The lowest BCUT2D eigenvalue weighted by molar-refractivity contribution is -0.143. The fourth-order valence-electron chi connectivity index (χ4n) is 4.53. The van der Waals surface area contributed by atoms with Crippen molar-refractivity contribution in [2.24, 2.45) is 7.05 Å². The lowest BCUT2D eigenvalue weighted by atomic mass is 9.93. The zero-order valence-electron chi connectivity index (χ0n) is 20.8. The highest BCUT2D eigenvalue weighted by molar-refractivity contribution is 6.08. The van der Waals surface area contributed by atoms with Crippen LogP contribution in [0.5, 0.6) is 0 Å². The van der Waals surface area contributed by atoms with E-state index in [2.05, 4.69) is 0 Å². The Bertz CT molecular complexity index is 1620. The molecule has 0 saturated carbocycles. The Kier molecular flexibility index (Phi) is 7.05. The van der Waals surface area contributed by atoms with E-state index in [1.807, 2.05) is 0 Å². The van der Waals surface area contributed by atoms with Crippen molar-refractivity contribution in [2.45, 2.75) is 25.8 Å². The zero-order valence-corrected chi connectivity index (χ0v) is 20.8. The number of nitrogens with zero attached hydrogens (tertiary/aromatic N) is 2. The number of carbonyl (C=O) groups is 1. The summed E-state index contributed by atoms with van der Waals surface area (Å²) >= 11 is 0. The van der Waals surface area contributed by atoms with Crippen LogP contribution in [0.25, 0.3) is 21.9 Å². The molecule has 0 aliphatic heterocycles. The van der Waals surface area contributed by atoms with Gasteiger partial charge in [-0.2, -0.15) is 26.3 Å². The number of amides is 1. The molecule has 204 valence electrons. The van der Waals surface area contributed by atoms with Crippen LogP contribution in [0.3, 0.4) is 0 Å². The van der Waals surface area contributed by atoms with Crippen LogP contribution in [0.2, 0.25) is 0 Å². The van der Waals surface area contributed by atoms with Crippen molar-refractivity contribution in [1.82, 2.24) is 9.47 Å². The smallest absolute Gasteiger partial charge is 0.336 e. The minimum Gasteiger partial charge on any atom is -0.336 e. The number of fused-ring (bicyclic) bond motifs is 1. The largest absolute Gasteiger partial charge is 0.416 e. The third kappa shape index (κ3) is 5.39. The number of alkyl halides is 6. The molecular formula is C28H21F7N2O2. The SMILES string of the molecule is Cc1cc(F)ccc1-c1c(C(=O)N(C)Cc2cc(C(F)(F)F)cc(C(F)(F)F)c2)n(C)c(=O)c2ccccc12. The van der Waals surface area contributed by atoms with E-state index in [1.165, 1.54) is 32.3 Å². The number of hydrogen-bond acceptors (Lipinski definition) is 2. The number of carbonyl (C=O) groups excluding carboxylic acids is 1. The molecule has 0 saturated heterocycles. The first-order valence-corrected chi connectivity index (χ1v) is 11.5. The van der Waals surface area contributed by atoms with E-state index in [-0.39, 0.29) is 22.7 Å². The minimum atomic E-state index is -5.05. The number of aromatic nitrogens is 1. The van der Waals surface area contributed by atoms with Gasteiger partial charge in [0.15, 0.2) is 0 Å². The van der Waals surface area contributed by atoms with E-state index in [1.54, 1.807) is 31.2 Å². The second-order valence-electron chi connectivity index (χ2n) is 9.17. The molecule has 0 aliphatic carbocycles. The Hall–Kier alpha value is -4.15. The van der Waals surface area contributed by atoms with Crippen molar-refractivity contribution in [3.8, 4) is 11.1 Å². The Balaban J connectivity index is 1.89. The van der Waals surface area contributed by atoms with Crippen molar-refractivity contribution in [2.75, 3.05) is 7.05 Å². The second-order valence-corrected chi connectivity index (χ2v) is 9.17. The van der Waals surface area contributed by atoms with Crippen molar-refractivity contribution >= 4 is 16.7 Å². The first-order chi connectivity index (χ1) is 18.1. The van der Waals surface area contributed by atoms with Gasteiger partial charge >= 0.3 is 12.4 Å². The van der Waals surface area contributed by atoms with Crippen LogP contribution in [0, 0.1) is 12.7 Å². The lowest BCUT2D eigenvalue weighted by Crippen LogP contribution is -2.33. The highest BCUT2D eigenvalue weighted by Gasteiger charge is 2.37. The maximum absolute atomic E-state index is 13.9. The molecule has 0 bridgehead atoms. The third-order valence-electron chi connectivity index (χ3n) is 6.38. The molecule has 1 aromatic heterocycles. The Labute approximate surface area is 217 Å². The summed E-state index contributed by atoms with van der Waals surface area (Å²) < 4.78 is 95.0. The van der Waals surface area contributed by atoms with Gasteiger partial charge in [-0.3, -0.25) is 9.59 Å². The molecule has 0 unspecified atom stereocenters. The Morgan fingerprint density at radius 1 is 0.872 bits per heavy atom. The van der Waals surface area contributed by atoms with Crippen LogP contribution >= 0.6 is 0 Å². The van der Waals surface area contributed by atoms with Crippen molar-refractivity contribution in [3.05, 3.63) is 105 Å². The summed E-state index contributed by atoms with van der Waals surface area (Å²) in [5, 5.41) is 0.649. The van der Waals surface area contributed by atoms with E-state index in [0.29, 0.717) is 28.6 Å². The van der Waals surface area contributed by atoms with E-state index >= 15 is 0 Å². The first-order valence-electron chi connectivity index (χ1n) is 11.5. The molecule has 39 heavy (non-hydrogen) atoms. The van der Waals surface area contributed by atoms with Crippen LogP contribution in [-0.4, -0.2) is 22.4 Å². The summed E-state index contributed by atoms with van der Waals surface area (Å²) in [5.41, 5.74) is -2.95. The predicted molar refractivity (Wildman–Crippen MR) is 132 cm³/mol. The third-order valence-corrected chi connectivity index (χ3v) is 6.38. The van der Waals surface area contributed by atoms with Crippen molar-refractivity contribution in [1.29, 1.82) is 0 Å². The monoisotopic (exact) mass is 550 g/mol. The number of aryl methyl sites for hydroxylation is 1. The molecule has 0 N–H and O–H groups in total. The van der Waals surface area contributed by atoms with Gasteiger partial charge in [-0.15, -0.1) is 0 Å². The molecule has 3 aromatic carbocycles. The van der Waals surface area contributed by atoms with E-state index in [4.69, 9.17) is 0 Å². The summed E-state index contributed by atoms with van der Waals surface area (Å²) in [6.07, 6.45) is -10.1. The highest BCUT2D eigenvalue weighted by Crippen LogP contribution is 2.37. The van der Waals surface area contributed by atoms with E-state index < -0.39 is 52.9 Å². The normalized spacial score (nSPS) is 12.2. The van der Waals surface area contributed by atoms with Crippen LogP contribution in [0.15, 0.2) is 65.5 Å². The van der Waals surface area contributed by atoms with Gasteiger partial charge in [0.25, 0.3) is 11.5 Å². The highest BCUT2D eigenvalue weighted by atomic mass is 19.4. The number of hydrogen-bond donors (Lipinski definition) is 0. The molecule has 11 heteroatoms. The van der Waals surface area contributed by atoms with Gasteiger partial charge in [0, 0.05) is 31.6 Å². The first kappa shape index (κ1) is 27.9. The van der Waals surface area contributed by atoms with Gasteiger partial charge in [-0.25, -0.2) is 4.39 Å². The molecular weight excluding hydrogens is 529 g/mol. The molecule has 0 aliphatic rings. The minimum absolute atomic E-state index is 0.00772. The average molecular weight is 550 g/mol. The average Bonchev–Trinajstić information content (AvgIpc) is 2.85. The topological polar surface area (TPSA) is 42.3 Å². The summed E-state index contributed by atoms with van der Waals surface area (Å²) in [5.74, 6) is -1.36. The summed E-state index contributed by atoms with van der Waals surface area (Å²) in [7, 11) is 2.54. The molecule has 0 atom stereocenters.